The van der Waals surface area contributed by atoms with E-state index in [1.54, 1.807) is 6.08 Å². The molecule has 1 aliphatic heterocycles. The van der Waals surface area contributed by atoms with Crippen LogP contribution < -0.4 is 5.32 Å². The number of amides is 3. The number of carbonyl (C=O) groups excluding carboxylic acids is 3. The molecule has 3 rings (SSSR count). The Kier molecular flexibility index (Phi) is 5.46. The van der Waals surface area contributed by atoms with E-state index in [-0.39, 0.29) is 6.54 Å². The molecule has 0 unspecified atom stereocenters. The van der Waals surface area contributed by atoms with E-state index in [1.165, 1.54) is 0 Å². The first kappa shape index (κ1) is 18.9. The highest BCUT2D eigenvalue weighted by atomic mass is 32.2. The number of anilines is 1. The van der Waals surface area contributed by atoms with Crippen molar-refractivity contribution in [2.24, 2.45) is 0 Å². The third kappa shape index (κ3) is 4.28. The zero-order valence-electron chi connectivity index (χ0n) is 15.4. The van der Waals surface area contributed by atoms with Crippen LogP contribution in [0.25, 0.3) is 6.08 Å². The van der Waals surface area contributed by atoms with Crippen LogP contribution in [0.2, 0.25) is 0 Å². The number of imide groups is 1. The Hall–Kier alpha value is -2.86. The zero-order valence-corrected chi connectivity index (χ0v) is 16.2. The van der Waals surface area contributed by atoms with Gasteiger partial charge in [0.25, 0.3) is 11.1 Å². The number of thioether (sulfide) groups is 1. The molecule has 1 fully saturated rings. The minimum atomic E-state index is -0.441. The summed E-state index contributed by atoms with van der Waals surface area (Å²) in [6.45, 7) is 5.50. The lowest BCUT2D eigenvalue weighted by molar-refractivity contribution is -0.127. The Morgan fingerprint density at radius 1 is 1.07 bits per heavy atom. The summed E-state index contributed by atoms with van der Waals surface area (Å²) in [5.74, 6) is -0.842. The van der Waals surface area contributed by atoms with Crippen molar-refractivity contribution < 1.29 is 14.4 Å². The predicted molar refractivity (Wildman–Crippen MR) is 108 cm³/mol. The van der Waals surface area contributed by atoms with Gasteiger partial charge in [0.05, 0.1) is 4.91 Å². The predicted octanol–water partition coefficient (Wildman–Crippen LogP) is 4.29. The number of rotatable bonds is 4. The third-order valence-electron chi connectivity index (χ3n) is 4.31. The lowest BCUT2D eigenvalue weighted by atomic mass is 10.1. The highest BCUT2D eigenvalue weighted by molar-refractivity contribution is 8.18. The summed E-state index contributed by atoms with van der Waals surface area (Å²) in [5, 5.41) is 2.33. The van der Waals surface area contributed by atoms with Crippen LogP contribution in [0.3, 0.4) is 0 Å². The number of hydrogen-bond acceptors (Lipinski definition) is 4. The minimum Gasteiger partial charge on any atom is -0.324 e. The van der Waals surface area contributed by atoms with Crippen LogP contribution in [0.15, 0.2) is 47.4 Å². The molecule has 0 atom stereocenters. The van der Waals surface area contributed by atoms with Crippen LogP contribution in [0.5, 0.6) is 0 Å². The molecule has 138 valence electrons. The van der Waals surface area contributed by atoms with Crippen LogP contribution >= 0.6 is 11.8 Å². The first-order chi connectivity index (χ1) is 12.8. The number of nitrogens with one attached hydrogen (secondary N) is 1. The highest BCUT2D eigenvalue weighted by Gasteiger charge is 2.36. The molecule has 0 spiro atoms. The van der Waals surface area contributed by atoms with E-state index in [0.29, 0.717) is 10.6 Å². The van der Waals surface area contributed by atoms with Crippen molar-refractivity contribution in [1.82, 2.24) is 4.90 Å². The molecular formula is C21H20N2O3S. The number of aryl methyl sites for hydroxylation is 3. The molecule has 1 aliphatic rings. The van der Waals surface area contributed by atoms with Gasteiger partial charge in [-0.15, -0.1) is 0 Å². The first-order valence-electron chi connectivity index (χ1n) is 8.53. The van der Waals surface area contributed by atoms with Gasteiger partial charge >= 0.3 is 0 Å². The Balaban J connectivity index is 1.72. The fourth-order valence-corrected chi connectivity index (χ4v) is 3.64. The van der Waals surface area contributed by atoms with E-state index in [0.717, 1.165) is 38.9 Å². The van der Waals surface area contributed by atoms with E-state index in [4.69, 9.17) is 0 Å². The maximum atomic E-state index is 12.6. The van der Waals surface area contributed by atoms with Gasteiger partial charge in [-0.1, -0.05) is 42.0 Å². The molecular weight excluding hydrogens is 360 g/mol. The Bertz CT molecular complexity index is 966. The molecule has 27 heavy (non-hydrogen) atoms. The van der Waals surface area contributed by atoms with Gasteiger partial charge in [-0.05, 0) is 61.4 Å². The van der Waals surface area contributed by atoms with Gasteiger partial charge in [-0.2, -0.15) is 0 Å². The monoisotopic (exact) mass is 380 g/mol. The maximum Gasteiger partial charge on any atom is 0.294 e. The normalized spacial score (nSPS) is 15.5. The fourth-order valence-electron chi connectivity index (χ4n) is 2.81. The molecule has 0 saturated carbocycles. The second-order valence-corrected chi connectivity index (χ2v) is 7.48. The van der Waals surface area contributed by atoms with Gasteiger partial charge in [0, 0.05) is 5.69 Å². The summed E-state index contributed by atoms with van der Waals surface area (Å²) >= 11 is 0.857. The second-order valence-electron chi connectivity index (χ2n) is 6.49. The quantitative estimate of drug-likeness (QED) is 0.804. The Labute approximate surface area is 162 Å². The minimum absolute atomic E-state index is 0.302. The standard InChI is InChI=1S/C21H20N2O3S/c1-13-8-9-17(15(3)10-13)22-19(24)12-23-20(25)18(27-21(23)26)11-16-7-5-4-6-14(16)2/h4-11H,12H2,1-3H3,(H,22,24)/b18-11+. The van der Waals surface area contributed by atoms with Crippen molar-refractivity contribution in [3.05, 3.63) is 69.6 Å². The summed E-state index contributed by atoms with van der Waals surface area (Å²) in [5.41, 5.74) is 4.59. The van der Waals surface area contributed by atoms with Crippen molar-refractivity contribution in [2.75, 3.05) is 11.9 Å². The average molecular weight is 380 g/mol. The van der Waals surface area contributed by atoms with E-state index in [9.17, 15) is 14.4 Å². The fraction of sp³-hybridized carbons (Fsp3) is 0.190. The van der Waals surface area contributed by atoms with Gasteiger partial charge in [0.2, 0.25) is 5.91 Å². The van der Waals surface area contributed by atoms with Gasteiger partial charge in [0.1, 0.15) is 6.54 Å². The smallest absolute Gasteiger partial charge is 0.294 e. The Morgan fingerprint density at radius 3 is 2.52 bits per heavy atom. The highest BCUT2D eigenvalue weighted by Crippen LogP contribution is 2.32. The zero-order chi connectivity index (χ0) is 19.6. The van der Waals surface area contributed by atoms with Crippen molar-refractivity contribution in [3.8, 4) is 0 Å². The van der Waals surface area contributed by atoms with Crippen LogP contribution in [0.1, 0.15) is 22.3 Å². The molecule has 1 N–H and O–H groups in total. The van der Waals surface area contributed by atoms with Crippen LogP contribution in [-0.2, 0) is 9.59 Å². The number of hydrogen-bond donors (Lipinski definition) is 1. The summed E-state index contributed by atoms with van der Waals surface area (Å²) in [6.07, 6.45) is 1.70. The van der Waals surface area contributed by atoms with Crippen molar-refractivity contribution >= 4 is 40.6 Å². The average Bonchev–Trinajstić information content (AvgIpc) is 2.87. The van der Waals surface area contributed by atoms with Crippen molar-refractivity contribution in [3.63, 3.8) is 0 Å². The van der Waals surface area contributed by atoms with Gasteiger partial charge in [0.15, 0.2) is 0 Å². The van der Waals surface area contributed by atoms with E-state index in [1.807, 2.05) is 63.2 Å². The molecule has 0 aliphatic carbocycles. The SMILES string of the molecule is Cc1ccc(NC(=O)CN2C(=O)S/C(=C/c3ccccc3C)C2=O)c(C)c1. The van der Waals surface area contributed by atoms with Crippen LogP contribution in [-0.4, -0.2) is 28.5 Å². The van der Waals surface area contributed by atoms with Crippen LogP contribution in [0, 0.1) is 20.8 Å². The molecule has 2 aromatic rings. The van der Waals surface area contributed by atoms with Crippen LogP contribution in [0.4, 0.5) is 10.5 Å². The summed E-state index contributed by atoms with van der Waals surface area (Å²) in [4.78, 5) is 38.4. The lowest BCUT2D eigenvalue weighted by Gasteiger charge is -2.14. The number of carbonyl (C=O) groups is 3. The molecule has 1 heterocycles. The molecule has 0 aromatic heterocycles. The lowest BCUT2D eigenvalue weighted by Crippen LogP contribution is -2.36. The molecule has 5 nitrogen and oxygen atoms in total. The molecule has 0 radical (unpaired) electrons. The maximum absolute atomic E-state index is 12.6. The topological polar surface area (TPSA) is 66.5 Å². The van der Waals surface area contributed by atoms with E-state index in [2.05, 4.69) is 5.32 Å². The molecule has 0 bridgehead atoms. The van der Waals surface area contributed by atoms with Gasteiger partial charge in [-0.25, -0.2) is 0 Å². The van der Waals surface area contributed by atoms with Gasteiger partial charge in [-0.3, -0.25) is 19.3 Å². The summed E-state index contributed by atoms with van der Waals surface area (Å²) in [6, 6.07) is 13.3. The van der Waals surface area contributed by atoms with E-state index >= 15 is 0 Å². The summed E-state index contributed by atoms with van der Waals surface area (Å²) < 4.78 is 0. The first-order valence-corrected chi connectivity index (χ1v) is 9.35. The van der Waals surface area contributed by atoms with Crippen molar-refractivity contribution in [1.29, 1.82) is 0 Å². The molecule has 2 aromatic carbocycles. The summed E-state index contributed by atoms with van der Waals surface area (Å²) in [7, 11) is 0. The molecule has 1 saturated heterocycles. The molecule has 3 amide bonds. The number of nitrogens with zero attached hydrogens (tertiary/aromatic N) is 1. The number of benzene rings is 2. The van der Waals surface area contributed by atoms with E-state index < -0.39 is 17.1 Å². The third-order valence-corrected chi connectivity index (χ3v) is 5.21. The largest absolute Gasteiger partial charge is 0.324 e. The van der Waals surface area contributed by atoms with Gasteiger partial charge < -0.3 is 5.32 Å². The van der Waals surface area contributed by atoms with Crippen molar-refractivity contribution in [2.45, 2.75) is 20.8 Å². The molecule has 6 heteroatoms. The second kappa shape index (κ2) is 7.80. The Morgan fingerprint density at radius 2 is 1.81 bits per heavy atom.